The van der Waals surface area contributed by atoms with Crippen LogP contribution in [0.2, 0.25) is 0 Å². The molecule has 0 aliphatic carbocycles. The zero-order chi connectivity index (χ0) is 16.7. The summed E-state index contributed by atoms with van der Waals surface area (Å²) < 4.78 is 5.93. The van der Waals surface area contributed by atoms with E-state index in [2.05, 4.69) is 5.32 Å². The molecule has 0 saturated heterocycles. The third-order valence-electron chi connectivity index (χ3n) is 3.86. The molecule has 1 amide bonds. The van der Waals surface area contributed by atoms with E-state index in [1.807, 2.05) is 40.7 Å². The van der Waals surface area contributed by atoms with Gasteiger partial charge in [-0.15, -0.1) is 0 Å². The first-order chi connectivity index (χ1) is 10.1. The second kappa shape index (κ2) is 5.29. The van der Waals surface area contributed by atoms with Gasteiger partial charge in [0.05, 0.1) is 17.7 Å². The van der Waals surface area contributed by atoms with Crippen LogP contribution in [0.1, 0.15) is 51.8 Å². The minimum absolute atomic E-state index is 0.159. The van der Waals surface area contributed by atoms with Gasteiger partial charge in [-0.3, -0.25) is 4.79 Å². The average molecular weight is 302 g/mol. The second-order valence-electron chi connectivity index (χ2n) is 7.22. The minimum Gasteiger partial charge on any atom is -0.485 e. The Kier molecular flexibility index (Phi) is 3.92. The molecule has 1 aromatic rings. The molecule has 0 bridgehead atoms. The zero-order valence-corrected chi connectivity index (χ0v) is 13.6. The summed E-state index contributed by atoms with van der Waals surface area (Å²) in [6, 6.07) is 6.38. The van der Waals surface area contributed by atoms with Gasteiger partial charge in [0.25, 0.3) is 0 Å². The summed E-state index contributed by atoms with van der Waals surface area (Å²) in [5.74, 6) is 0.380. The van der Waals surface area contributed by atoms with E-state index in [-0.39, 0.29) is 5.91 Å². The monoisotopic (exact) mass is 302 g/mol. The maximum Gasteiger partial charge on any atom is 0.225 e. The lowest BCUT2D eigenvalue weighted by molar-refractivity contribution is -0.133. The average Bonchev–Trinajstić information content (AvgIpc) is 2.41. The van der Waals surface area contributed by atoms with Crippen molar-refractivity contribution in [2.45, 2.75) is 52.4 Å². The Morgan fingerprint density at radius 2 is 2.05 bits per heavy atom. The minimum atomic E-state index is -0.932. The van der Waals surface area contributed by atoms with Gasteiger partial charge >= 0.3 is 0 Å². The zero-order valence-electron chi connectivity index (χ0n) is 13.6. The molecule has 0 saturated carbocycles. The summed E-state index contributed by atoms with van der Waals surface area (Å²) in [7, 11) is 0. The number of carbonyl (C=O) groups excluding carboxylic acids is 1. The largest absolute Gasteiger partial charge is 0.485 e. The van der Waals surface area contributed by atoms with Crippen LogP contribution in [0.5, 0.6) is 5.75 Å². The van der Waals surface area contributed by atoms with Crippen molar-refractivity contribution in [2.75, 3.05) is 0 Å². The first-order valence-electron chi connectivity index (χ1n) is 7.28. The molecular weight excluding hydrogens is 280 g/mol. The van der Waals surface area contributed by atoms with Crippen LogP contribution in [0.15, 0.2) is 18.2 Å². The fourth-order valence-electron chi connectivity index (χ4n) is 2.46. The van der Waals surface area contributed by atoms with E-state index < -0.39 is 23.2 Å². The Bertz CT molecular complexity index is 638. The maximum atomic E-state index is 12.3. The Morgan fingerprint density at radius 3 is 2.59 bits per heavy atom. The fraction of sp³-hybridized carbons (Fsp3) is 0.529. The number of fused-ring (bicyclic) bond motifs is 1. The third-order valence-corrected chi connectivity index (χ3v) is 3.86. The molecule has 0 aromatic heterocycles. The van der Waals surface area contributed by atoms with Crippen LogP contribution in [0.25, 0.3) is 0 Å². The number of nitrogens with one attached hydrogen (secondary N) is 1. The fourth-order valence-corrected chi connectivity index (χ4v) is 2.46. The molecule has 1 aliphatic heterocycles. The summed E-state index contributed by atoms with van der Waals surface area (Å²) in [6.45, 7) is 9.09. The van der Waals surface area contributed by atoms with Crippen molar-refractivity contribution in [3.05, 3.63) is 29.3 Å². The van der Waals surface area contributed by atoms with Crippen molar-refractivity contribution in [1.82, 2.24) is 5.32 Å². The number of aliphatic hydroxyl groups is 1. The van der Waals surface area contributed by atoms with Gasteiger partial charge in [-0.1, -0.05) is 20.8 Å². The molecule has 5 heteroatoms. The van der Waals surface area contributed by atoms with E-state index >= 15 is 0 Å². The Labute approximate surface area is 130 Å². The summed E-state index contributed by atoms with van der Waals surface area (Å²) in [4.78, 5) is 12.3. The van der Waals surface area contributed by atoms with Gasteiger partial charge in [-0.2, -0.15) is 5.26 Å². The highest BCUT2D eigenvalue weighted by atomic mass is 16.5. The molecule has 5 nitrogen and oxygen atoms in total. The van der Waals surface area contributed by atoms with Crippen LogP contribution in [0.3, 0.4) is 0 Å². The van der Waals surface area contributed by atoms with Crippen LogP contribution in [-0.2, 0) is 4.79 Å². The summed E-state index contributed by atoms with van der Waals surface area (Å²) in [5.41, 5.74) is -0.355. The molecule has 1 aromatic carbocycles. The SMILES string of the molecule is CC(C)(C)C(=O)N[C@@H]1C(O)c2cc(C#N)ccc2OC1(C)C. The number of nitriles is 1. The molecular formula is C17H22N2O3. The lowest BCUT2D eigenvalue weighted by Crippen LogP contribution is -2.59. The highest BCUT2D eigenvalue weighted by Gasteiger charge is 2.45. The first-order valence-corrected chi connectivity index (χ1v) is 7.28. The molecule has 2 rings (SSSR count). The van der Waals surface area contributed by atoms with Gasteiger partial charge in [-0.05, 0) is 32.0 Å². The highest BCUT2D eigenvalue weighted by molar-refractivity contribution is 5.82. The smallest absolute Gasteiger partial charge is 0.225 e. The quantitative estimate of drug-likeness (QED) is 0.834. The molecule has 1 heterocycles. The van der Waals surface area contributed by atoms with E-state index in [4.69, 9.17) is 10.00 Å². The number of benzene rings is 1. The van der Waals surface area contributed by atoms with Crippen molar-refractivity contribution in [2.24, 2.45) is 5.41 Å². The normalized spacial score (nSPS) is 23.0. The van der Waals surface area contributed by atoms with Crippen LogP contribution in [-0.4, -0.2) is 22.7 Å². The number of aliphatic hydroxyl groups excluding tert-OH is 1. The number of rotatable bonds is 1. The van der Waals surface area contributed by atoms with Crippen LogP contribution in [0.4, 0.5) is 0 Å². The summed E-state index contributed by atoms with van der Waals surface area (Å²) >= 11 is 0. The topological polar surface area (TPSA) is 82.4 Å². The summed E-state index contributed by atoms with van der Waals surface area (Å²) in [6.07, 6.45) is -0.932. The summed E-state index contributed by atoms with van der Waals surface area (Å²) in [5, 5.41) is 22.6. The molecule has 0 fully saturated rings. The lowest BCUT2D eigenvalue weighted by atomic mass is 9.84. The number of hydrogen-bond acceptors (Lipinski definition) is 4. The van der Waals surface area contributed by atoms with Crippen molar-refractivity contribution in [3.63, 3.8) is 0 Å². The van der Waals surface area contributed by atoms with E-state index in [1.165, 1.54) is 0 Å². The van der Waals surface area contributed by atoms with Crippen molar-refractivity contribution < 1.29 is 14.6 Å². The Balaban J connectivity index is 2.39. The number of ether oxygens (including phenoxy) is 1. The lowest BCUT2D eigenvalue weighted by Gasteiger charge is -2.44. The van der Waals surface area contributed by atoms with Crippen LogP contribution in [0, 0.1) is 16.7 Å². The van der Waals surface area contributed by atoms with Gasteiger partial charge < -0.3 is 15.2 Å². The maximum absolute atomic E-state index is 12.3. The van der Waals surface area contributed by atoms with Crippen molar-refractivity contribution in [3.8, 4) is 11.8 Å². The standard InChI is InChI=1S/C17H22N2O3/c1-16(2,3)15(21)19-14-13(20)11-8-10(9-18)6-7-12(11)22-17(14,4)5/h6-8,13-14,20H,1-5H3,(H,19,21)/t13?,14-/m1/s1. The predicted octanol–water partition coefficient (Wildman–Crippen LogP) is 2.29. The van der Waals surface area contributed by atoms with Gasteiger partial charge in [0.15, 0.2) is 0 Å². The number of nitrogens with zero attached hydrogens (tertiary/aromatic N) is 1. The number of hydrogen-bond donors (Lipinski definition) is 2. The molecule has 0 spiro atoms. The van der Waals surface area contributed by atoms with E-state index in [1.54, 1.807) is 18.2 Å². The molecule has 118 valence electrons. The van der Waals surface area contributed by atoms with E-state index in [0.717, 1.165) is 0 Å². The van der Waals surface area contributed by atoms with E-state index in [0.29, 0.717) is 16.9 Å². The van der Waals surface area contributed by atoms with Gasteiger partial charge in [0.1, 0.15) is 17.5 Å². The first kappa shape index (κ1) is 16.3. The molecule has 2 atom stereocenters. The van der Waals surface area contributed by atoms with Gasteiger partial charge in [0.2, 0.25) is 5.91 Å². The van der Waals surface area contributed by atoms with Gasteiger partial charge in [0, 0.05) is 11.0 Å². The van der Waals surface area contributed by atoms with Crippen LogP contribution < -0.4 is 10.1 Å². The molecule has 2 N–H and O–H groups in total. The van der Waals surface area contributed by atoms with E-state index in [9.17, 15) is 9.90 Å². The Hall–Kier alpha value is -2.06. The predicted molar refractivity (Wildman–Crippen MR) is 82.2 cm³/mol. The van der Waals surface area contributed by atoms with Crippen molar-refractivity contribution in [1.29, 1.82) is 5.26 Å². The molecule has 22 heavy (non-hydrogen) atoms. The Morgan fingerprint density at radius 1 is 1.41 bits per heavy atom. The van der Waals surface area contributed by atoms with Gasteiger partial charge in [-0.25, -0.2) is 0 Å². The van der Waals surface area contributed by atoms with Crippen molar-refractivity contribution >= 4 is 5.91 Å². The molecule has 0 radical (unpaired) electrons. The number of carbonyl (C=O) groups is 1. The number of amides is 1. The third kappa shape index (κ3) is 2.93. The second-order valence-corrected chi connectivity index (χ2v) is 7.22. The highest BCUT2D eigenvalue weighted by Crippen LogP contribution is 2.40. The van der Waals surface area contributed by atoms with Crippen LogP contribution >= 0.6 is 0 Å². The molecule has 1 aliphatic rings. The molecule has 1 unspecified atom stereocenters.